The average molecular weight is 340 g/mol. The van der Waals surface area contributed by atoms with Crippen molar-refractivity contribution in [1.29, 1.82) is 5.26 Å². The fraction of sp³-hybridized carbons (Fsp3) is 0.333. The first-order valence-electron chi connectivity index (χ1n) is 6.06. The van der Waals surface area contributed by atoms with Crippen molar-refractivity contribution in [3.05, 3.63) is 11.8 Å². The largest absolute Gasteiger partial charge is 0.403 e. The summed E-state index contributed by atoms with van der Waals surface area (Å²) in [5.74, 6) is 3.99. The first kappa shape index (κ1) is 20.1. The highest BCUT2D eigenvalue weighted by atomic mass is 32.2. The number of carbonyl (C=O) groups is 1. The summed E-state index contributed by atoms with van der Waals surface area (Å²) in [5.41, 5.74) is 9.77. The summed E-state index contributed by atoms with van der Waals surface area (Å²) in [5, 5.41) is 8.91. The Morgan fingerprint density at radius 3 is 2.70 bits per heavy atom. The van der Waals surface area contributed by atoms with Gasteiger partial charge in [0.15, 0.2) is 5.84 Å². The molecule has 0 aliphatic rings. The molecule has 4 N–H and O–H groups in total. The molecule has 0 unspecified atom stereocenters. The quantitative estimate of drug-likeness (QED) is 0.0957. The lowest BCUT2D eigenvalue weighted by Crippen LogP contribution is -2.35. The summed E-state index contributed by atoms with van der Waals surface area (Å²) in [6.45, 7) is 1.23. The number of hydrogen-bond acceptors (Lipinski definition) is 7. The lowest BCUT2D eigenvalue weighted by molar-refractivity contribution is -0.116. The fourth-order valence-corrected chi connectivity index (χ4v) is 1.41. The van der Waals surface area contributed by atoms with Crippen LogP contribution in [0.1, 0.15) is 6.92 Å². The molecule has 10 nitrogen and oxygen atoms in total. The van der Waals surface area contributed by atoms with E-state index >= 15 is 0 Å². The van der Waals surface area contributed by atoms with Crippen molar-refractivity contribution in [1.82, 2.24) is 10.9 Å². The van der Waals surface area contributed by atoms with Gasteiger partial charge in [-0.15, -0.1) is 0 Å². The summed E-state index contributed by atoms with van der Waals surface area (Å²) in [6.07, 6.45) is 2.96. The van der Waals surface area contributed by atoms with Gasteiger partial charge in [0.1, 0.15) is 18.0 Å². The van der Waals surface area contributed by atoms with Crippen LogP contribution in [-0.2, 0) is 19.1 Å². The number of nitrogens with zero attached hydrogens (tertiary/aromatic N) is 3. The molecule has 0 aromatic carbocycles. The Morgan fingerprint density at radius 2 is 2.17 bits per heavy atom. The molecule has 0 spiro atoms. The van der Waals surface area contributed by atoms with E-state index in [1.807, 2.05) is 0 Å². The van der Waals surface area contributed by atoms with Gasteiger partial charge in [-0.25, -0.2) is 4.99 Å². The van der Waals surface area contributed by atoms with Gasteiger partial charge in [-0.05, 0) is 12.8 Å². The van der Waals surface area contributed by atoms with Crippen LogP contribution in [0.3, 0.4) is 0 Å². The van der Waals surface area contributed by atoms with E-state index in [0.29, 0.717) is 0 Å². The third kappa shape index (κ3) is 10.5. The summed E-state index contributed by atoms with van der Waals surface area (Å²) in [4.78, 5) is 18.7. The van der Waals surface area contributed by atoms with Crippen molar-refractivity contribution in [3.8, 4) is 17.9 Å². The van der Waals surface area contributed by atoms with Gasteiger partial charge in [-0.2, -0.15) is 13.7 Å². The lowest BCUT2D eigenvalue weighted by Gasteiger charge is -2.01. The zero-order chi connectivity index (χ0) is 17.7. The van der Waals surface area contributed by atoms with Crippen molar-refractivity contribution in [3.63, 3.8) is 0 Å². The number of amidine groups is 1. The number of hydrogen-bond donors (Lipinski definition) is 3. The highest BCUT2D eigenvalue weighted by Crippen LogP contribution is 1.97. The molecule has 0 saturated carbocycles. The number of amides is 1. The second-order valence-electron chi connectivity index (χ2n) is 3.66. The molecule has 0 aromatic rings. The van der Waals surface area contributed by atoms with Gasteiger partial charge in [0.05, 0.1) is 19.4 Å². The maximum absolute atomic E-state index is 11.0. The minimum Gasteiger partial charge on any atom is -0.403 e. The SMILES string of the molecule is CC#CC(=O)NNC=NC(=NCCOS(C)(=O)=O)C(C#N)=CN. The molecular weight excluding hydrogens is 324 g/mol. The van der Waals surface area contributed by atoms with Crippen LogP contribution in [0.25, 0.3) is 0 Å². The molecule has 0 aliphatic heterocycles. The predicted octanol–water partition coefficient (Wildman–Crippen LogP) is -1.60. The van der Waals surface area contributed by atoms with Gasteiger partial charge >= 0.3 is 5.91 Å². The Morgan fingerprint density at radius 1 is 1.48 bits per heavy atom. The first-order chi connectivity index (χ1) is 10.8. The van der Waals surface area contributed by atoms with Crippen molar-refractivity contribution in [2.45, 2.75) is 6.92 Å². The van der Waals surface area contributed by atoms with Crippen molar-refractivity contribution in [2.24, 2.45) is 15.7 Å². The van der Waals surface area contributed by atoms with Crippen LogP contribution in [0.5, 0.6) is 0 Å². The van der Waals surface area contributed by atoms with Crippen molar-refractivity contribution in [2.75, 3.05) is 19.4 Å². The van der Waals surface area contributed by atoms with E-state index < -0.39 is 16.0 Å². The van der Waals surface area contributed by atoms with Gasteiger partial charge in [-0.3, -0.25) is 24.8 Å². The molecule has 124 valence electrons. The van der Waals surface area contributed by atoms with E-state index in [4.69, 9.17) is 11.0 Å². The van der Waals surface area contributed by atoms with Crippen LogP contribution in [-0.4, -0.2) is 45.9 Å². The third-order valence-electron chi connectivity index (χ3n) is 1.85. The number of nitrogens with two attached hydrogens (primary N) is 1. The smallest absolute Gasteiger partial charge is 0.314 e. The lowest BCUT2D eigenvalue weighted by atomic mass is 10.3. The van der Waals surface area contributed by atoms with E-state index in [2.05, 4.69) is 36.9 Å². The Kier molecular flexibility index (Phi) is 9.43. The Balaban J connectivity index is 4.79. The number of rotatable bonds is 7. The van der Waals surface area contributed by atoms with E-state index in [1.165, 1.54) is 6.92 Å². The molecule has 0 aromatic heterocycles. The van der Waals surface area contributed by atoms with Gasteiger partial charge in [-0.1, -0.05) is 5.92 Å². The molecule has 1 amide bonds. The van der Waals surface area contributed by atoms with Crippen LogP contribution in [0.2, 0.25) is 0 Å². The number of hydrazine groups is 1. The van der Waals surface area contributed by atoms with E-state index in [9.17, 15) is 13.2 Å². The summed E-state index contributed by atoms with van der Waals surface area (Å²) >= 11 is 0. The molecular formula is C12H16N6O4S. The minimum atomic E-state index is -3.57. The highest BCUT2D eigenvalue weighted by Gasteiger charge is 2.05. The van der Waals surface area contributed by atoms with Crippen LogP contribution in [0.15, 0.2) is 21.8 Å². The van der Waals surface area contributed by atoms with Crippen molar-refractivity contribution >= 4 is 28.2 Å². The Bertz CT molecular complexity index is 706. The molecule has 23 heavy (non-hydrogen) atoms. The maximum Gasteiger partial charge on any atom is 0.314 e. The first-order valence-corrected chi connectivity index (χ1v) is 7.87. The standard InChI is InChI=1S/C12H16N6O4S/c1-3-4-11(19)18-17-9-16-12(10(7-13)8-14)15-5-6-22-23(2,20)21/h7,9H,5-6,13H2,1-2H3,(H,18,19)(H,15,16,17). The summed E-state index contributed by atoms with van der Waals surface area (Å²) in [6, 6.07) is 1.77. The van der Waals surface area contributed by atoms with Crippen molar-refractivity contribution < 1.29 is 17.4 Å². The second-order valence-corrected chi connectivity index (χ2v) is 5.30. The van der Waals surface area contributed by atoms with Crippen LogP contribution < -0.4 is 16.6 Å². The molecule has 0 heterocycles. The van der Waals surface area contributed by atoms with E-state index in [0.717, 1.165) is 18.8 Å². The zero-order valence-corrected chi connectivity index (χ0v) is 13.3. The normalized spacial score (nSPS) is 12.2. The Labute approximate surface area is 134 Å². The zero-order valence-electron chi connectivity index (χ0n) is 12.5. The number of carbonyl (C=O) groups excluding carboxylic acids is 1. The maximum atomic E-state index is 11.0. The minimum absolute atomic E-state index is 0.0397. The summed E-state index contributed by atoms with van der Waals surface area (Å²) in [7, 11) is -3.57. The van der Waals surface area contributed by atoms with E-state index in [1.54, 1.807) is 6.07 Å². The van der Waals surface area contributed by atoms with E-state index in [-0.39, 0.29) is 24.6 Å². The van der Waals surface area contributed by atoms with Crippen LogP contribution in [0.4, 0.5) is 0 Å². The fourth-order valence-electron chi connectivity index (χ4n) is 1.03. The monoisotopic (exact) mass is 340 g/mol. The number of aliphatic imine (C=N–C) groups is 2. The Hall–Kier alpha value is -2.89. The topological polar surface area (TPSA) is 159 Å². The molecule has 0 rings (SSSR count). The van der Waals surface area contributed by atoms with Gasteiger partial charge in [0.25, 0.3) is 10.1 Å². The molecule has 0 saturated heterocycles. The van der Waals surface area contributed by atoms with Crippen LogP contribution in [0, 0.1) is 23.2 Å². The second kappa shape index (κ2) is 10.8. The molecule has 11 heteroatoms. The molecule has 0 radical (unpaired) electrons. The molecule has 0 bridgehead atoms. The molecule has 0 fully saturated rings. The predicted molar refractivity (Wildman–Crippen MR) is 84.2 cm³/mol. The average Bonchev–Trinajstić information content (AvgIpc) is 2.47. The van der Waals surface area contributed by atoms with Crippen LogP contribution >= 0.6 is 0 Å². The summed E-state index contributed by atoms with van der Waals surface area (Å²) < 4.78 is 26.1. The highest BCUT2D eigenvalue weighted by molar-refractivity contribution is 7.85. The molecule has 0 atom stereocenters. The molecule has 0 aliphatic carbocycles. The van der Waals surface area contributed by atoms with Gasteiger partial charge in [0.2, 0.25) is 0 Å². The van der Waals surface area contributed by atoms with Gasteiger partial charge < -0.3 is 5.73 Å². The van der Waals surface area contributed by atoms with Gasteiger partial charge in [0, 0.05) is 6.20 Å². The third-order valence-corrected chi connectivity index (χ3v) is 2.45. The number of nitrogens with one attached hydrogen (secondary N) is 2. The number of nitriles is 1.